The van der Waals surface area contributed by atoms with E-state index in [1.165, 1.54) is 25.1 Å². The van der Waals surface area contributed by atoms with Gasteiger partial charge in [0.1, 0.15) is 5.75 Å². The molecule has 0 fully saturated rings. The summed E-state index contributed by atoms with van der Waals surface area (Å²) in [5, 5.41) is 14.0. The van der Waals surface area contributed by atoms with Crippen molar-refractivity contribution in [2.24, 2.45) is 0 Å². The number of hydrogen-bond donors (Lipinski definition) is 3. The molecule has 0 heterocycles. The molecule has 0 aromatic heterocycles. The number of hydrogen-bond acceptors (Lipinski definition) is 4. The number of carboxylic acid groups (broad SMARTS) is 1. The molecule has 0 spiro atoms. The van der Waals surface area contributed by atoms with E-state index >= 15 is 0 Å². The molecular weight excluding hydrogens is 300 g/mol. The Kier molecular flexibility index (Phi) is 6.48. The highest BCUT2D eigenvalue weighted by atomic mass is 35.5. The topological polar surface area (TPSA) is 105 Å². The minimum Gasteiger partial charge on any atom is -0.482 e. The minimum absolute atomic E-state index is 0.0344. The fourth-order valence-electron chi connectivity index (χ4n) is 1.39. The average molecular weight is 315 g/mol. The van der Waals surface area contributed by atoms with Gasteiger partial charge in [0, 0.05) is 20.0 Å². The lowest BCUT2D eigenvalue weighted by molar-refractivity contribution is -0.123. The van der Waals surface area contributed by atoms with Crippen LogP contribution >= 0.6 is 11.6 Å². The molecule has 0 saturated carbocycles. The van der Waals surface area contributed by atoms with E-state index < -0.39 is 5.97 Å². The van der Waals surface area contributed by atoms with E-state index in [2.05, 4.69) is 10.6 Å². The molecule has 21 heavy (non-hydrogen) atoms. The van der Waals surface area contributed by atoms with Crippen LogP contribution in [0.25, 0.3) is 0 Å². The summed E-state index contributed by atoms with van der Waals surface area (Å²) in [6.07, 6.45) is 0. The molecule has 1 rings (SSSR count). The summed E-state index contributed by atoms with van der Waals surface area (Å²) in [4.78, 5) is 32.8. The zero-order chi connectivity index (χ0) is 15.8. The summed E-state index contributed by atoms with van der Waals surface area (Å²) in [6.45, 7) is 1.74. The van der Waals surface area contributed by atoms with Gasteiger partial charge in [0.2, 0.25) is 5.91 Å². The van der Waals surface area contributed by atoms with Gasteiger partial charge in [0.05, 0.1) is 10.6 Å². The second-order valence-electron chi connectivity index (χ2n) is 4.07. The molecule has 0 aliphatic carbocycles. The van der Waals surface area contributed by atoms with Gasteiger partial charge in [-0.2, -0.15) is 0 Å². The highest BCUT2D eigenvalue weighted by Crippen LogP contribution is 2.25. The SMILES string of the molecule is CC(=O)NCCNC(=O)COc1ccc(C(=O)O)cc1Cl. The summed E-state index contributed by atoms with van der Waals surface area (Å²) in [5.41, 5.74) is 0.0344. The van der Waals surface area contributed by atoms with Gasteiger partial charge in [-0.1, -0.05) is 11.6 Å². The Bertz CT molecular complexity index is 547. The number of carbonyl (C=O) groups is 3. The fourth-order valence-corrected chi connectivity index (χ4v) is 1.62. The van der Waals surface area contributed by atoms with Crippen LogP contribution in [0.2, 0.25) is 5.02 Å². The minimum atomic E-state index is -1.10. The van der Waals surface area contributed by atoms with E-state index in [1.54, 1.807) is 0 Å². The van der Waals surface area contributed by atoms with Crippen LogP contribution in [0.15, 0.2) is 18.2 Å². The van der Waals surface area contributed by atoms with Crippen LogP contribution in [0.4, 0.5) is 0 Å². The Morgan fingerprint density at radius 3 is 2.48 bits per heavy atom. The van der Waals surface area contributed by atoms with Crippen LogP contribution in [-0.2, 0) is 9.59 Å². The predicted molar refractivity (Wildman–Crippen MR) is 75.6 cm³/mol. The van der Waals surface area contributed by atoms with Gasteiger partial charge in [-0.25, -0.2) is 4.79 Å². The summed E-state index contributed by atoms with van der Waals surface area (Å²) < 4.78 is 5.19. The number of carboxylic acids is 1. The third kappa shape index (κ3) is 6.13. The van der Waals surface area contributed by atoms with Crippen LogP contribution < -0.4 is 15.4 Å². The number of benzene rings is 1. The molecule has 3 N–H and O–H groups in total. The van der Waals surface area contributed by atoms with E-state index in [1.807, 2.05) is 0 Å². The predicted octanol–water partition coefficient (Wildman–Crippen LogP) is 0.669. The Morgan fingerprint density at radius 2 is 1.90 bits per heavy atom. The molecule has 114 valence electrons. The Hall–Kier alpha value is -2.28. The molecule has 0 aliphatic heterocycles. The Morgan fingerprint density at radius 1 is 1.24 bits per heavy atom. The van der Waals surface area contributed by atoms with Crippen LogP contribution in [0.5, 0.6) is 5.75 Å². The second kappa shape index (κ2) is 8.11. The summed E-state index contributed by atoms with van der Waals surface area (Å²) in [7, 11) is 0. The van der Waals surface area contributed by atoms with Crippen molar-refractivity contribution in [3.05, 3.63) is 28.8 Å². The van der Waals surface area contributed by atoms with Crippen molar-refractivity contribution in [2.45, 2.75) is 6.92 Å². The first-order valence-electron chi connectivity index (χ1n) is 6.07. The van der Waals surface area contributed by atoms with Crippen LogP contribution in [0, 0.1) is 0 Å². The largest absolute Gasteiger partial charge is 0.482 e. The molecule has 0 unspecified atom stereocenters. The van der Waals surface area contributed by atoms with Crippen molar-refractivity contribution >= 4 is 29.4 Å². The number of rotatable bonds is 7. The van der Waals surface area contributed by atoms with Gasteiger partial charge in [-0.15, -0.1) is 0 Å². The van der Waals surface area contributed by atoms with E-state index in [0.29, 0.717) is 6.54 Å². The lowest BCUT2D eigenvalue weighted by Crippen LogP contribution is -2.36. The molecule has 2 amide bonds. The molecule has 0 saturated heterocycles. The molecule has 1 aromatic rings. The van der Waals surface area contributed by atoms with Crippen LogP contribution in [-0.4, -0.2) is 42.6 Å². The Labute approximate surface area is 126 Å². The molecule has 0 atom stereocenters. The molecule has 8 heteroatoms. The quantitative estimate of drug-likeness (QED) is 0.642. The maximum Gasteiger partial charge on any atom is 0.335 e. The van der Waals surface area contributed by atoms with Crippen molar-refractivity contribution < 1.29 is 24.2 Å². The fraction of sp³-hybridized carbons (Fsp3) is 0.308. The van der Waals surface area contributed by atoms with Gasteiger partial charge in [-0.3, -0.25) is 9.59 Å². The van der Waals surface area contributed by atoms with Crippen molar-refractivity contribution in [2.75, 3.05) is 19.7 Å². The Balaban J connectivity index is 2.39. The molecule has 7 nitrogen and oxygen atoms in total. The van der Waals surface area contributed by atoms with Crippen LogP contribution in [0.1, 0.15) is 17.3 Å². The smallest absolute Gasteiger partial charge is 0.335 e. The first-order valence-corrected chi connectivity index (χ1v) is 6.44. The lowest BCUT2D eigenvalue weighted by Gasteiger charge is -2.09. The zero-order valence-electron chi connectivity index (χ0n) is 11.3. The van der Waals surface area contributed by atoms with Crippen LogP contribution in [0.3, 0.4) is 0 Å². The highest BCUT2D eigenvalue weighted by molar-refractivity contribution is 6.32. The molecule has 1 aromatic carbocycles. The molecule has 0 aliphatic rings. The van der Waals surface area contributed by atoms with Gasteiger partial charge in [0.15, 0.2) is 6.61 Å². The molecular formula is C13H15ClN2O5. The number of nitrogens with one attached hydrogen (secondary N) is 2. The third-order valence-corrected chi connectivity index (χ3v) is 2.65. The molecule has 0 bridgehead atoms. The summed E-state index contributed by atoms with van der Waals surface area (Å²) in [6, 6.07) is 3.96. The standard InChI is InChI=1S/C13H15ClN2O5/c1-8(17)15-4-5-16-12(18)7-21-11-3-2-9(13(19)20)6-10(11)14/h2-3,6H,4-5,7H2,1H3,(H,15,17)(H,16,18)(H,19,20). The maximum atomic E-state index is 11.5. The third-order valence-electron chi connectivity index (χ3n) is 2.36. The number of ether oxygens (including phenoxy) is 1. The number of aromatic carboxylic acids is 1. The van der Waals surface area contributed by atoms with E-state index in [0.717, 1.165) is 0 Å². The van der Waals surface area contributed by atoms with Crippen molar-refractivity contribution in [3.63, 3.8) is 0 Å². The van der Waals surface area contributed by atoms with Gasteiger partial charge < -0.3 is 20.5 Å². The maximum absolute atomic E-state index is 11.5. The van der Waals surface area contributed by atoms with E-state index in [9.17, 15) is 14.4 Å². The number of amides is 2. The van der Waals surface area contributed by atoms with Gasteiger partial charge >= 0.3 is 5.97 Å². The summed E-state index contributed by atoms with van der Waals surface area (Å²) in [5.74, 6) is -1.43. The van der Waals surface area contributed by atoms with E-state index in [-0.39, 0.29) is 41.3 Å². The summed E-state index contributed by atoms with van der Waals surface area (Å²) >= 11 is 5.85. The number of halogens is 1. The first kappa shape index (κ1) is 16.8. The van der Waals surface area contributed by atoms with E-state index in [4.69, 9.17) is 21.4 Å². The van der Waals surface area contributed by atoms with Crippen molar-refractivity contribution in [3.8, 4) is 5.75 Å². The lowest BCUT2D eigenvalue weighted by atomic mass is 10.2. The monoisotopic (exact) mass is 314 g/mol. The molecule has 0 radical (unpaired) electrons. The first-order chi connectivity index (χ1) is 9.90. The highest BCUT2D eigenvalue weighted by Gasteiger charge is 2.09. The normalized spacial score (nSPS) is 9.81. The van der Waals surface area contributed by atoms with Gasteiger partial charge in [-0.05, 0) is 18.2 Å². The van der Waals surface area contributed by atoms with Crippen molar-refractivity contribution in [1.29, 1.82) is 0 Å². The average Bonchev–Trinajstić information content (AvgIpc) is 2.41. The van der Waals surface area contributed by atoms with Gasteiger partial charge in [0.25, 0.3) is 5.91 Å². The number of carbonyl (C=O) groups excluding carboxylic acids is 2. The zero-order valence-corrected chi connectivity index (χ0v) is 12.1. The van der Waals surface area contributed by atoms with Crippen molar-refractivity contribution in [1.82, 2.24) is 10.6 Å². The second-order valence-corrected chi connectivity index (χ2v) is 4.48.